The SMILES string of the molecule is Clc1cccc(Cl)c1OCCNc1ccccc1Br. The molecule has 0 amide bonds. The number of hydrogen-bond acceptors (Lipinski definition) is 2. The Labute approximate surface area is 130 Å². The lowest BCUT2D eigenvalue weighted by molar-refractivity contribution is 0.333. The van der Waals surface area contributed by atoms with Crippen molar-refractivity contribution in [3.05, 3.63) is 57.0 Å². The zero-order valence-corrected chi connectivity index (χ0v) is 13.1. The van der Waals surface area contributed by atoms with Crippen molar-refractivity contribution in [2.45, 2.75) is 0 Å². The van der Waals surface area contributed by atoms with E-state index in [2.05, 4.69) is 21.2 Å². The van der Waals surface area contributed by atoms with Gasteiger partial charge in [-0.05, 0) is 40.2 Å². The van der Waals surface area contributed by atoms with Crippen LogP contribution in [0.1, 0.15) is 0 Å². The number of halogens is 3. The van der Waals surface area contributed by atoms with Crippen molar-refractivity contribution in [1.29, 1.82) is 0 Å². The Bertz CT molecular complexity index is 543. The Morgan fingerprint density at radius 1 is 1.00 bits per heavy atom. The van der Waals surface area contributed by atoms with Gasteiger partial charge in [-0.3, -0.25) is 0 Å². The second-order valence-corrected chi connectivity index (χ2v) is 5.47. The van der Waals surface area contributed by atoms with Gasteiger partial charge in [0.05, 0.1) is 10.0 Å². The quantitative estimate of drug-likeness (QED) is 0.735. The lowest BCUT2D eigenvalue weighted by Gasteiger charge is -2.11. The van der Waals surface area contributed by atoms with E-state index in [1.807, 2.05) is 24.3 Å². The molecule has 0 fully saturated rings. The summed E-state index contributed by atoms with van der Waals surface area (Å²) in [5.74, 6) is 0.528. The van der Waals surface area contributed by atoms with E-state index in [9.17, 15) is 0 Å². The van der Waals surface area contributed by atoms with E-state index in [0.717, 1.165) is 10.2 Å². The van der Waals surface area contributed by atoms with Gasteiger partial charge in [-0.1, -0.05) is 41.4 Å². The first kappa shape index (κ1) is 14.5. The van der Waals surface area contributed by atoms with Crippen molar-refractivity contribution < 1.29 is 4.74 Å². The van der Waals surface area contributed by atoms with Gasteiger partial charge < -0.3 is 10.1 Å². The standard InChI is InChI=1S/C14H12BrCl2NO/c15-10-4-1-2-7-13(10)18-8-9-19-14-11(16)5-3-6-12(14)17/h1-7,18H,8-9H2. The minimum atomic E-state index is 0.477. The summed E-state index contributed by atoms with van der Waals surface area (Å²) in [6.07, 6.45) is 0. The smallest absolute Gasteiger partial charge is 0.156 e. The lowest BCUT2D eigenvalue weighted by Crippen LogP contribution is -2.12. The Balaban J connectivity index is 1.86. The molecule has 0 aliphatic rings. The van der Waals surface area contributed by atoms with Gasteiger partial charge >= 0.3 is 0 Å². The number of anilines is 1. The van der Waals surface area contributed by atoms with Crippen LogP contribution in [0.15, 0.2) is 46.9 Å². The maximum Gasteiger partial charge on any atom is 0.156 e. The fourth-order valence-electron chi connectivity index (χ4n) is 1.56. The van der Waals surface area contributed by atoms with Crippen molar-refractivity contribution in [2.24, 2.45) is 0 Å². The van der Waals surface area contributed by atoms with Crippen LogP contribution in [0.4, 0.5) is 5.69 Å². The van der Waals surface area contributed by atoms with E-state index in [-0.39, 0.29) is 0 Å². The monoisotopic (exact) mass is 359 g/mol. The molecule has 0 spiro atoms. The van der Waals surface area contributed by atoms with Crippen molar-refractivity contribution in [2.75, 3.05) is 18.5 Å². The topological polar surface area (TPSA) is 21.3 Å². The number of ether oxygens (including phenoxy) is 1. The molecule has 100 valence electrons. The van der Waals surface area contributed by atoms with Crippen LogP contribution >= 0.6 is 39.1 Å². The normalized spacial score (nSPS) is 10.3. The van der Waals surface area contributed by atoms with Crippen molar-refractivity contribution in [3.63, 3.8) is 0 Å². The molecule has 2 nitrogen and oxygen atoms in total. The summed E-state index contributed by atoms with van der Waals surface area (Å²) in [4.78, 5) is 0. The minimum absolute atomic E-state index is 0.477. The van der Waals surface area contributed by atoms with Gasteiger partial charge in [-0.2, -0.15) is 0 Å². The Kier molecular flexibility index (Phi) is 5.37. The number of benzene rings is 2. The first-order valence-electron chi connectivity index (χ1n) is 5.73. The van der Waals surface area contributed by atoms with Crippen LogP contribution in [0, 0.1) is 0 Å². The zero-order valence-electron chi connectivity index (χ0n) is 10.00. The summed E-state index contributed by atoms with van der Waals surface area (Å²) >= 11 is 15.5. The van der Waals surface area contributed by atoms with Gasteiger partial charge in [-0.25, -0.2) is 0 Å². The average Bonchev–Trinajstić information content (AvgIpc) is 2.39. The molecule has 0 aliphatic carbocycles. The summed E-state index contributed by atoms with van der Waals surface area (Å²) in [5, 5.41) is 4.31. The molecule has 2 aromatic carbocycles. The maximum atomic E-state index is 6.01. The Morgan fingerprint density at radius 3 is 2.37 bits per heavy atom. The fourth-order valence-corrected chi connectivity index (χ4v) is 2.50. The molecule has 0 atom stereocenters. The van der Waals surface area contributed by atoms with Gasteiger partial charge in [0.15, 0.2) is 5.75 Å². The molecule has 0 saturated carbocycles. The highest BCUT2D eigenvalue weighted by Crippen LogP contribution is 2.32. The van der Waals surface area contributed by atoms with Crippen LogP contribution in [0.2, 0.25) is 10.0 Å². The van der Waals surface area contributed by atoms with Crippen molar-refractivity contribution >= 4 is 44.8 Å². The van der Waals surface area contributed by atoms with Crippen LogP contribution in [0.5, 0.6) is 5.75 Å². The molecule has 0 bridgehead atoms. The van der Waals surface area contributed by atoms with Gasteiger partial charge in [0.25, 0.3) is 0 Å². The van der Waals surface area contributed by atoms with E-state index in [1.54, 1.807) is 18.2 Å². The maximum absolute atomic E-state index is 6.01. The molecule has 0 unspecified atom stereocenters. The molecule has 0 heterocycles. The number of para-hydroxylation sites is 2. The summed E-state index contributed by atoms with van der Waals surface area (Å²) in [6, 6.07) is 13.2. The predicted molar refractivity (Wildman–Crippen MR) is 84.6 cm³/mol. The number of nitrogens with one attached hydrogen (secondary N) is 1. The average molecular weight is 361 g/mol. The molecule has 0 aliphatic heterocycles. The van der Waals surface area contributed by atoms with E-state index >= 15 is 0 Å². The molecule has 2 rings (SSSR count). The fraction of sp³-hybridized carbons (Fsp3) is 0.143. The third-order valence-corrected chi connectivity index (χ3v) is 3.74. The minimum Gasteiger partial charge on any atom is -0.489 e. The molecular weight excluding hydrogens is 349 g/mol. The second-order valence-electron chi connectivity index (χ2n) is 3.81. The van der Waals surface area contributed by atoms with Gasteiger partial charge in [0, 0.05) is 16.7 Å². The molecular formula is C14H12BrCl2NO. The molecule has 1 N–H and O–H groups in total. The van der Waals surface area contributed by atoms with Gasteiger partial charge in [-0.15, -0.1) is 0 Å². The van der Waals surface area contributed by atoms with Crippen LogP contribution in [-0.2, 0) is 0 Å². The van der Waals surface area contributed by atoms with E-state index in [4.69, 9.17) is 27.9 Å². The molecule has 5 heteroatoms. The third kappa shape index (κ3) is 4.03. The van der Waals surface area contributed by atoms with Gasteiger partial charge in [0.1, 0.15) is 6.61 Å². The summed E-state index contributed by atoms with van der Waals surface area (Å²) in [6.45, 7) is 1.13. The van der Waals surface area contributed by atoms with Crippen molar-refractivity contribution in [1.82, 2.24) is 0 Å². The summed E-state index contributed by atoms with van der Waals surface area (Å²) in [5.41, 5.74) is 1.02. The first-order chi connectivity index (χ1) is 9.18. The third-order valence-electron chi connectivity index (χ3n) is 2.46. The highest BCUT2D eigenvalue weighted by atomic mass is 79.9. The van der Waals surface area contributed by atoms with Crippen LogP contribution in [0.3, 0.4) is 0 Å². The van der Waals surface area contributed by atoms with E-state index < -0.39 is 0 Å². The summed E-state index contributed by atoms with van der Waals surface area (Å²) in [7, 11) is 0. The molecule has 2 aromatic rings. The predicted octanol–water partition coefficient (Wildman–Crippen LogP) is 5.25. The first-order valence-corrected chi connectivity index (χ1v) is 7.28. The Morgan fingerprint density at radius 2 is 1.68 bits per heavy atom. The summed E-state index contributed by atoms with van der Waals surface area (Å²) < 4.78 is 6.61. The van der Waals surface area contributed by atoms with E-state index in [1.165, 1.54) is 0 Å². The number of rotatable bonds is 5. The van der Waals surface area contributed by atoms with Crippen molar-refractivity contribution in [3.8, 4) is 5.75 Å². The highest BCUT2D eigenvalue weighted by molar-refractivity contribution is 9.10. The van der Waals surface area contributed by atoms with Crippen LogP contribution < -0.4 is 10.1 Å². The molecule has 0 aromatic heterocycles. The second kappa shape index (κ2) is 7.04. The number of hydrogen-bond donors (Lipinski definition) is 1. The molecule has 0 saturated heterocycles. The van der Waals surface area contributed by atoms with Crippen LogP contribution in [-0.4, -0.2) is 13.2 Å². The van der Waals surface area contributed by atoms with E-state index in [0.29, 0.717) is 28.9 Å². The molecule has 0 radical (unpaired) electrons. The molecule has 19 heavy (non-hydrogen) atoms. The lowest BCUT2D eigenvalue weighted by atomic mass is 10.3. The van der Waals surface area contributed by atoms with Gasteiger partial charge in [0.2, 0.25) is 0 Å². The largest absolute Gasteiger partial charge is 0.489 e. The van der Waals surface area contributed by atoms with Crippen LogP contribution in [0.25, 0.3) is 0 Å². The Hall–Kier alpha value is -0.900. The highest BCUT2D eigenvalue weighted by Gasteiger charge is 2.06. The zero-order chi connectivity index (χ0) is 13.7.